The van der Waals surface area contributed by atoms with Crippen LogP contribution in [-0.4, -0.2) is 4.57 Å². The van der Waals surface area contributed by atoms with Crippen LogP contribution in [-0.2, 0) is 5.41 Å². The van der Waals surface area contributed by atoms with E-state index in [1.54, 1.807) is 0 Å². The lowest BCUT2D eigenvalue weighted by molar-refractivity contribution is 0.660. The molecule has 0 bridgehead atoms. The summed E-state index contributed by atoms with van der Waals surface area (Å²) in [5.74, 6) is 0. The van der Waals surface area contributed by atoms with Crippen molar-refractivity contribution in [3.63, 3.8) is 0 Å². The smallest absolute Gasteiger partial charge is 0.0547 e. The molecule has 1 aliphatic rings. The van der Waals surface area contributed by atoms with Crippen molar-refractivity contribution in [2.45, 2.75) is 19.3 Å². The molecule has 0 spiro atoms. The Labute approximate surface area is 356 Å². The van der Waals surface area contributed by atoms with Crippen LogP contribution in [0.5, 0.6) is 0 Å². The maximum atomic E-state index is 2.42. The Morgan fingerprint density at radius 2 is 0.885 bits per heavy atom. The number of aromatic nitrogens is 1. The number of para-hydroxylation sites is 2. The van der Waals surface area contributed by atoms with Crippen LogP contribution in [0, 0.1) is 0 Å². The average molecular weight is 779 g/mol. The number of fused-ring (bicyclic) bond motifs is 8. The van der Waals surface area contributed by atoms with Gasteiger partial charge in [0.1, 0.15) is 0 Å². The van der Waals surface area contributed by atoms with Gasteiger partial charge in [0.2, 0.25) is 0 Å². The molecule has 0 fully saturated rings. The lowest BCUT2D eigenvalue weighted by atomic mass is 9.82. The molecule has 0 saturated carbocycles. The largest absolute Gasteiger partial charge is 0.310 e. The molecule has 11 aromatic rings. The first-order chi connectivity index (χ1) is 30.0. The Bertz CT molecular complexity index is 3480. The molecule has 61 heavy (non-hydrogen) atoms. The van der Waals surface area contributed by atoms with E-state index >= 15 is 0 Å². The first-order valence-electron chi connectivity index (χ1n) is 21.2. The van der Waals surface area contributed by atoms with Crippen LogP contribution in [0.3, 0.4) is 0 Å². The summed E-state index contributed by atoms with van der Waals surface area (Å²) in [6.45, 7) is 4.71. The minimum Gasteiger partial charge on any atom is -0.310 e. The van der Waals surface area contributed by atoms with Crippen LogP contribution in [0.1, 0.15) is 25.0 Å². The van der Waals surface area contributed by atoms with Gasteiger partial charge in [-0.2, -0.15) is 0 Å². The van der Waals surface area contributed by atoms with Gasteiger partial charge < -0.3 is 9.47 Å². The molecular weight excluding hydrogens is 737 g/mol. The summed E-state index contributed by atoms with van der Waals surface area (Å²) in [5.41, 5.74) is 17.1. The highest BCUT2D eigenvalue weighted by molar-refractivity contribution is 6.10. The molecule has 2 heteroatoms. The highest BCUT2D eigenvalue weighted by atomic mass is 15.1. The predicted octanol–water partition coefficient (Wildman–Crippen LogP) is 16.2. The SMILES string of the molecule is CC1(C)c2ccccc2-c2ccc(N(c3ccc(-c4ccc(-c5ccc6c7ccccc7n(-c7ccccc7)c6c5)cc4)cc3)c3ccc4cc5ccccc5cc4c3)cc21. The van der Waals surface area contributed by atoms with E-state index < -0.39 is 0 Å². The average Bonchev–Trinajstić information content (AvgIpc) is 3.76. The van der Waals surface area contributed by atoms with Gasteiger partial charge in [0.15, 0.2) is 0 Å². The Morgan fingerprint density at radius 3 is 1.67 bits per heavy atom. The molecule has 0 aliphatic heterocycles. The summed E-state index contributed by atoms with van der Waals surface area (Å²) in [5, 5.41) is 7.52. The van der Waals surface area contributed by atoms with E-state index in [1.807, 2.05) is 0 Å². The fourth-order valence-electron chi connectivity index (χ4n) is 10.0. The summed E-state index contributed by atoms with van der Waals surface area (Å²) in [6.07, 6.45) is 0. The van der Waals surface area contributed by atoms with Crippen LogP contribution in [0.2, 0.25) is 0 Å². The van der Waals surface area contributed by atoms with Crippen LogP contribution in [0.25, 0.3) is 82.4 Å². The predicted molar refractivity (Wildman–Crippen MR) is 259 cm³/mol. The van der Waals surface area contributed by atoms with E-state index in [1.165, 1.54) is 93.5 Å². The Hall–Kier alpha value is -7.68. The van der Waals surface area contributed by atoms with Gasteiger partial charge in [-0.25, -0.2) is 0 Å². The third-order valence-electron chi connectivity index (χ3n) is 13.1. The van der Waals surface area contributed by atoms with Gasteiger partial charge in [-0.3, -0.25) is 0 Å². The van der Waals surface area contributed by atoms with E-state index in [9.17, 15) is 0 Å². The highest BCUT2D eigenvalue weighted by Crippen LogP contribution is 2.51. The Balaban J connectivity index is 0.916. The van der Waals surface area contributed by atoms with Crippen molar-refractivity contribution in [2.24, 2.45) is 0 Å². The van der Waals surface area contributed by atoms with Crippen molar-refractivity contribution >= 4 is 60.4 Å². The summed E-state index contributed by atoms with van der Waals surface area (Å²) < 4.78 is 2.38. The van der Waals surface area contributed by atoms with E-state index in [4.69, 9.17) is 0 Å². The fourth-order valence-corrected chi connectivity index (χ4v) is 10.0. The summed E-state index contributed by atoms with van der Waals surface area (Å²) in [6, 6.07) is 80.4. The third-order valence-corrected chi connectivity index (χ3v) is 13.1. The van der Waals surface area contributed by atoms with Crippen molar-refractivity contribution in [1.29, 1.82) is 0 Å². The third kappa shape index (κ3) is 5.71. The van der Waals surface area contributed by atoms with Gasteiger partial charge >= 0.3 is 0 Å². The minimum absolute atomic E-state index is 0.0992. The summed E-state index contributed by atoms with van der Waals surface area (Å²) in [7, 11) is 0. The monoisotopic (exact) mass is 778 g/mol. The van der Waals surface area contributed by atoms with Gasteiger partial charge in [0, 0.05) is 38.9 Å². The van der Waals surface area contributed by atoms with E-state index in [2.05, 4.69) is 242 Å². The van der Waals surface area contributed by atoms with Crippen LogP contribution in [0.4, 0.5) is 17.1 Å². The second-order valence-corrected chi connectivity index (χ2v) is 17.0. The zero-order chi connectivity index (χ0) is 40.7. The lowest BCUT2D eigenvalue weighted by Crippen LogP contribution is -2.16. The summed E-state index contributed by atoms with van der Waals surface area (Å²) >= 11 is 0. The zero-order valence-corrected chi connectivity index (χ0v) is 34.2. The van der Waals surface area contributed by atoms with Crippen molar-refractivity contribution in [3.05, 3.63) is 230 Å². The number of anilines is 3. The molecule has 1 aromatic heterocycles. The molecule has 2 nitrogen and oxygen atoms in total. The molecule has 0 saturated heterocycles. The van der Waals surface area contributed by atoms with Crippen LogP contribution >= 0.6 is 0 Å². The van der Waals surface area contributed by atoms with Crippen LogP contribution < -0.4 is 4.90 Å². The number of hydrogen-bond acceptors (Lipinski definition) is 1. The van der Waals surface area contributed by atoms with Gasteiger partial charge in [-0.15, -0.1) is 0 Å². The van der Waals surface area contributed by atoms with Crippen molar-refractivity contribution < 1.29 is 0 Å². The van der Waals surface area contributed by atoms with E-state index in [0.717, 1.165) is 17.1 Å². The lowest BCUT2D eigenvalue weighted by Gasteiger charge is -2.28. The zero-order valence-electron chi connectivity index (χ0n) is 34.2. The molecule has 0 N–H and O–H groups in total. The number of rotatable bonds is 6. The quantitative estimate of drug-likeness (QED) is 0.153. The summed E-state index contributed by atoms with van der Waals surface area (Å²) in [4.78, 5) is 2.42. The maximum Gasteiger partial charge on any atom is 0.0547 e. The van der Waals surface area contributed by atoms with Crippen LogP contribution in [0.15, 0.2) is 218 Å². The fraction of sp³-hybridized carbons (Fsp3) is 0.0508. The normalized spacial score (nSPS) is 12.9. The maximum absolute atomic E-state index is 2.42. The number of nitrogens with zero attached hydrogens (tertiary/aromatic N) is 2. The molecule has 0 unspecified atom stereocenters. The second kappa shape index (κ2) is 13.7. The van der Waals surface area contributed by atoms with Gasteiger partial charge in [-0.1, -0.05) is 159 Å². The topological polar surface area (TPSA) is 8.17 Å². The molecule has 0 atom stereocenters. The minimum atomic E-state index is -0.0992. The molecule has 0 radical (unpaired) electrons. The number of hydrogen-bond donors (Lipinski definition) is 0. The first kappa shape index (κ1) is 35.3. The van der Waals surface area contributed by atoms with E-state index in [0.29, 0.717) is 0 Å². The second-order valence-electron chi connectivity index (χ2n) is 17.0. The van der Waals surface area contributed by atoms with Crippen molar-refractivity contribution in [1.82, 2.24) is 4.57 Å². The van der Waals surface area contributed by atoms with Gasteiger partial charge in [0.05, 0.1) is 11.0 Å². The Morgan fingerprint density at radius 1 is 0.344 bits per heavy atom. The first-order valence-corrected chi connectivity index (χ1v) is 21.2. The van der Waals surface area contributed by atoms with Gasteiger partial charge in [-0.05, 0) is 139 Å². The van der Waals surface area contributed by atoms with Gasteiger partial charge in [0.25, 0.3) is 0 Å². The molecule has 0 amide bonds. The van der Waals surface area contributed by atoms with Crippen molar-refractivity contribution in [3.8, 4) is 39.1 Å². The van der Waals surface area contributed by atoms with Crippen molar-refractivity contribution in [2.75, 3.05) is 4.90 Å². The molecular formula is C59H42N2. The molecule has 12 rings (SSSR count). The number of benzene rings is 10. The molecule has 10 aromatic carbocycles. The standard InChI is InChI=1S/C59H42N2/c1-59(2)55-18-10-8-16-51(55)52-33-31-50(38-56(52)59)60(49-30-26-44-34-42-12-6-7-13-43(42)35-46(44)36-49)48-28-24-40(25-29-48)39-20-22-41(23-21-39)45-27-32-54-53-17-9-11-19-57(53)61(58(54)37-45)47-14-4-3-5-15-47/h3-38H,1-2H3. The molecule has 1 aliphatic carbocycles. The molecule has 1 heterocycles. The van der Waals surface area contributed by atoms with E-state index in [-0.39, 0.29) is 5.41 Å². The Kier molecular flexibility index (Phi) is 7.92. The molecule has 288 valence electrons. The highest BCUT2D eigenvalue weighted by Gasteiger charge is 2.35.